The molecule has 11 heteroatoms. The third kappa shape index (κ3) is 8.38. The second-order valence-corrected chi connectivity index (χ2v) is 6.56. The molecule has 1 atom stereocenters. The van der Waals surface area contributed by atoms with E-state index in [9.17, 15) is 13.2 Å². The second-order valence-electron chi connectivity index (χ2n) is 6.56. The summed E-state index contributed by atoms with van der Waals surface area (Å²) >= 11 is 0. The molecule has 0 aliphatic rings. The summed E-state index contributed by atoms with van der Waals surface area (Å²) in [7, 11) is 1.63. The van der Waals surface area contributed by atoms with Gasteiger partial charge in [0.2, 0.25) is 5.95 Å². The summed E-state index contributed by atoms with van der Waals surface area (Å²) in [6.45, 7) is 7.21. The molecule has 2 aromatic rings. The quantitative estimate of drug-likeness (QED) is 0.198. The Bertz CT molecular complexity index is 863. The monoisotopic (exact) mass is 552 g/mol. The van der Waals surface area contributed by atoms with Gasteiger partial charge in [0.05, 0.1) is 19.7 Å². The lowest BCUT2D eigenvalue weighted by Gasteiger charge is -2.20. The maximum absolute atomic E-state index is 12.7. The number of alkyl halides is 3. The van der Waals surface area contributed by atoms with Crippen molar-refractivity contribution in [3.8, 4) is 5.75 Å². The lowest BCUT2D eigenvalue weighted by Crippen LogP contribution is -2.39. The first-order valence-electron chi connectivity index (χ1n) is 9.58. The van der Waals surface area contributed by atoms with Crippen molar-refractivity contribution >= 4 is 35.9 Å². The van der Waals surface area contributed by atoms with E-state index in [1.165, 1.54) is 0 Å². The van der Waals surface area contributed by atoms with Gasteiger partial charge in [-0.05, 0) is 32.9 Å². The highest BCUT2D eigenvalue weighted by Gasteiger charge is 2.32. The Kier molecular flexibility index (Phi) is 10.8. The summed E-state index contributed by atoms with van der Waals surface area (Å²) < 4.78 is 43.6. The minimum absolute atomic E-state index is 0. The van der Waals surface area contributed by atoms with E-state index >= 15 is 0 Å². The van der Waals surface area contributed by atoms with E-state index < -0.39 is 11.9 Å². The van der Waals surface area contributed by atoms with Crippen molar-refractivity contribution in [1.82, 2.24) is 20.6 Å². The Balaban J connectivity index is 0.00000480. The molecule has 1 heterocycles. The van der Waals surface area contributed by atoms with E-state index in [0.717, 1.165) is 29.1 Å². The molecule has 0 saturated heterocycles. The van der Waals surface area contributed by atoms with E-state index in [2.05, 4.69) is 30.9 Å². The number of anilines is 1. The molecule has 172 valence electrons. The molecule has 0 spiro atoms. The van der Waals surface area contributed by atoms with Gasteiger partial charge < -0.3 is 20.7 Å². The average molecular weight is 552 g/mol. The molecule has 0 bridgehead atoms. The summed E-state index contributed by atoms with van der Waals surface area (Å²) in [5.41, 5.74) is 1.13. The molecule has 0 aliphatic carbocycles. The number of aliphatic imine (C=N–C) groups is 1. The molecular weight excluding hydrogens is 524 g/mol. The summed E-state index contributed by atoms with van der Waals surface area (Å²) in [5.74, 6) is 1.27. The van der Waals surface area contributed by atoms with Crippen LogP contribution in [0.25, 0.3) is 0 Å². The first-order chi connectivity index (χ1) is 14.2. The van der Waals surface area contributed by atoms with Gasteiger partial charge in [-0.25, -0.2) is 9.97 Å². The largest absolute Gasteiger partial charge is 0.496 e. The molecule has 0 aliphatic heterocycles. The van der Waals surface area contributed by atoms with Crippen LogP contribution in [0.15, 0.2) is 35.5 Å². The molecule has 0 saturated carbocycles. The van der Waals surface area contributed by atoms with Crippen LogP contribution >= 0.6 is 24.0 Å². The van der Waals surface area contributed by atoms with E-state index in [1.54, 1.807) is 7.11 Å². The van der Waals surface area contributed by atoms with Crippen LogP contribution in [-0.2, 0) is 6.18 Å². The zero-order chi connectivity index (χ0) is 22.1. The van der Waals surface area contributed by atoms with Crippen LogP contribution in [-0.4, -0.2) is 42.7 Å². The molecule has 0 amide bonds. The number of benzene rings is 1. The number of halogens is 4. The predicted molar refractivity (Wildman–Crippen MR) is 126 cm³/mol. The number of guanidine groups is 1. The van der Waals surface area contributed by atoms with Crippen molar-refractivity contribution in [1.29, 1.82) is 0 Å². The smallest absolute Gasteiger partial charge is 0.433 e. The van der Waals surface area contributed by atoms with E-state index in [4.69, 9.17) is 4.74 Å². The fourth-order valence-corrected chi connectivity index (χ4v) is 2.73. The molecule has 1 unspecified atom stereocenters. The van der Waals surface area contributed by atoms with E-state index in [1.807, 2.05) is 39.0 Å². The highest BCUT2D eigenvalue weighted by molar-refractivity contribution is 14.0. The van der Waals surface area contributed by atoms with E-state index in [-0.39, 0.29) is 42.5 Å². The Morgan fingerprint density at radius 3 is 2.65 bits per heavy atom. The zero-order valence-electron chi connectivity index (χ0n) is 17.9. The number of aromatic nitrogens is 2. The van der Waals surface area contributed by atoms with Crippen molar-refractivity contribution in [3.63, 3.8) is 0 Å². The van der Waals surface area contributed by atoms with Gasteiger partial charge in [0, 0.05) is 24.8 Å². The number of hydrogen-bond acceptors (Lipinski definition) is 5. The number of aryl methyl sites for hydroxylation is 1. The minimum Gasteiger partial charge on any atom is -0.496 e. The standard InChI is InChI=1S/C20H27F3N6O.HI/c1-5-24-18(28-14(3)15-12-13(2)6-7-16(15)30-4)26-10-11-27-19-25-9-8-17(29-19)20(21,22)23;/h6-9,12,14H,5,10-11H2,1-4H3,(H2,24,26,28)(H,25,27,29);1H. The van der Waals surface area contributed by atoms with Gasteiger partial charge in [0.15, 0.2) is 5.96 Å². The second kappa shape index (κ2) is 12.5. The molecule has 0 fully saturated rings. The number of rotatable bonds is 8. The summed E-state index contributed by atoms with van der Waals surface area (Å²) in [6, 6.07) is 6.71. The molecule has 0 radical (unpaired) electrons. The molecular formula is C20H28F3IN6O. The lowest BCUT2D eigenvalue weighted by atomic mass is 10.0. The Hall–Kier alpha value is -2.31. The third-order valence-corrected chi connectivity index (χ3v) is 4.16. The lowest BCUT2D eigenvalue weighted by molar-refractivity contribution is -0.141. The maximum Gasteiger partial charge on any atom is 0.433 e. The zero-order valence-corrected chi connectivity index (χ0v) is 20.2. The van der Waals surface area contributed by atoms with E-state index in [0.29, 0.717) is 19.0 Å². The first kappa shape index (κ1) is 26.7. The first-order valence-corrected chi connectivity index (χ1v) is 9.58. The highest BCUT2D eigenvalue weighted by atomic mass is 127. The fraction of sp³-hybridized carbons (Fsp3) is 0.450. The van der Waals surface area contributed by atoms with Crippen LogP contribution in [0.3, 0.4) is 0 Å². The molecule has 7 nitrogen and oxygen atoms in total. The van der Waals surface area contributed by atoms with Crippen LogP contribution in [0.4, 0.5) is 19.1 Å². The third-order valence-electron chi connectivity index (χ3n) is 4.16. The van der Waals surface area contributed by atoms with Crippen LogP contribution < -0.4 is 20.7 Å². The van der Waals surface area contributed by atoms with Crippen LogP contribution in [0.2, 0.25) is 0 Å². The molecule has 1 aromatic heterocycles. The molecule has 2 rings (SSSR count). The topological polar surface area (TPSA) is 83.5 Å². The van der Waals surface area contributed by atoms with Gasteiger partial charge in [-0.2, -0.15) is 13.2 Å². The molecule has 3 N–H and O–H groups in total. The predicted octanol–water partition coefficient (Wildman–Crippen LogP) is 4.16. The number of nitrogens with zero attached hydrogens (tertiary/aromatic N) is 3. The minimum atomic E-state index is -4.51. The van der Waals surface area contributed by atoms with Gasteiger partial charge in [-0.1, -0.05) is 17.7 Å². The van der Waals surface area contributed by atoms with Gasteiger partial charge in [-0.3, -0.25) is 4.99 Å². The number of nitrogens with one attached hydrogen (secondary N) is 3. The van der Waals surface area contributed by atoms with Crippen molar-refractivity contribution in [2.24, 2.45) is 4.99 Å². The van der Waals surface area contributed by atoms with Crippen molar-refractivity contribution in [3.05, 3.63) is 47.3 Å². The van der Waals surface area contributed by atoms with Crippen molar-refractivity contribution in [2.75, 3.05) is 32.1 Å². The Morgan fingerprint density at radius 2 is 2.00 bits per heavy atom. The molecule has 31 heavy (non-hydrogen) atoms. The van der Waals surface area contributed by atoms with Crippen LogP contribution in [0.1, 0.15) is 36.7 Å². The summed E-state index contributed by atoms with van der Waals surface area (Å²) in [6.07, 6.45) is -3.43. The average Bonchev–Trinajstić information content (AvgIpc) is 2.70. The number of ether oxygens (including phenoxy) is 1. The highest BCUT2D eigenvalue weighted by Crippen LogP contribution is 2.27. The van der Waals surface area contributed by atoms with Gasteiger partial charge in [-0.15, -0.1) is 24.0 Å². The van der Waals surface area contributed by atoms with Gasteiger partial charge in [0.1, 0.15) is 11.4 Å². The Labute approximate surface area is 197 Å². The number of methoxy groups -OCH3 is 1. The summed E-state index contributed by atoms with van der Waals surface area (Å²) in [4.78, 5) is 11.7. The Morgan fingerprint density at radius 1 is 1.26 bits per heavy atom. The SMILES string of the molecule is CCNC(=NCCNc1nccc(C(F)(F)F)n1)NC(C)c1cc(C)ccc1OC.I. The number of hydrogen-bond donors (Lipinski definition) is 3. The van der Waals surface area contributed by atoms with Crippen molar-refractivity contribution in [2.45, 2.75) is 33.0 Å². The summed E-state index contributed by atoms with van der Waals surface area (Å²) in [5, 5.41) is 9.23. The molecule has 1 aromatic carbocycles. The van der Waals surface area contributed by atoms with Crippen LogP contribution in [0.5, 0.6) is 5.75 Å². The van der Waals surface area contributed by atoms with Gasteiger partial charge >= 0.3 is 6.18 Å². The van der Waals surface area contributed by atoms with Gasteiger partial charge in [0.25, 0.3) is 0 Å². The normalized spacial score (nSPS) is 12.5. The maximum atomic E-state index is 12.7. The van der Waals surface area contributed by atoms with Crippen molar-refractivity contribution < 1.29 is 17.9 Å². The fourth-order valence-electron chi connectivity index (χ4n) is 2.73. The van der Waals surface area contributed by atoms with Crippen LogP contribution in [0, 0.1) is 6.92 Å².